The lowest BCUT2D eigenvalue weighted by atomic mass is 10.1. The van der Waals surface area contributed by atoms with E-state index in [4.69, 9.17) is 4.74 Å². The SMILES string of the molecule is C=CCOCC(O)CN(Cc1ccccc1)Cc1ccccc1F. The minimum Gasteiger partial charge on any atom is -0.389 e. The van der Waals surface area contributed by atoms with Crippen LogP contribution >= 0.6 is 0 Å². The molecular formula is C20H24FNO2. The maximum Gasteiger partial charge on any atom is 0.127 e. The van der Waals surface area contributed by atoms with Crippen molar-refractivity contribution in [2.24, 2.45) is 0 Å². The number of aliphatic hydroxyl groups excluding tert-OH is 1. The van der Waals surface area contributed by atoms with E-state index < -0.39 is 6.10 Å². The van der Waals surface area contributed by atoms with E-state index in [2.05, 4.69) is 6.58 Å². The van der Waals surface area contributed by atoms with Crippen LogP contribution in [-0.4, -0.2) is 35.9 Å². The molecule has 2 rings (SSSR count). The summed E-state index contributed by atoms with van der Waals surface area (Å²) in [5.74, 6) is -0.229. The second-order valence-electron chi connectivity index (χ2n) is 5.73. The number of nitrogens with zero attached hydrogens (tertiary/aromatic N) is 1. The lowest BCUT2D eigenvalue weighted by Crippen LogP contribution is -2.34. The molecule has 3 nitrogen and oxygen atoms in total. The van der Waals surface area contributed by atoms with Crippen LogP contribution in [-0.2, 0) is 17.8 Å². The Kier molecular flexibility index (Phi) is 7.62. The Balaban J connectivity index is 2.03. The van der Waals surface area contributed by atoms with E-state index in [9.17, 15) is 9.50 Å². The first kappa shape index (κ1) is 18.3. The van der Waals surface area contributed by atoms with Crippen LogP contribution in [0.25, 0.3) is 0 Å². The normalized spacial score (nSPS) is 12.3. The van der Waals surface area contributed by atoms with Gasteiger partial charge in [0.15, 0.2) is 0 Å². The Morgan fingerprint density at radius 3 is 2.50 bits per heavy atom. The summed E-state index contributed by atoms with van der Waals surface area (Å²) in [6, 6.07) is 16.7. The fraction of sp³-hybridized carbons (Fsp3) is 0.300. The molecule has 1 atom stereocenters. The van der Waals surface area contributed by atoms with Crippen molar-refractivity contribution in [3.8, 4) is 0 Å². The highest BCUT2D eigenvalue weighted by molar-refractivity contribution is 5.18. The molecule has 0 spiro atoms. The van der Waals surface area contributed by atoms with Crippen LogP contribution in [0.5, 0.6) is 0 Å². The van der Waals surface area contributed by atoms with Gasteiger partial charge in [0, 0.05) is 25.2 Å². The standard InChI is InChI=1S/C20H24FNO2/c1-2-12-24-16-19(23)15-22(13-17-8-4-3-5-9-17)14-18-10-6-7-11-20(18)21/h2-11,19,23H,1,12-16H2. The number of halogens is 1. The number of aliphatic hydroxyl groups is 1. The molecule has 0 fully saturated rings. The van der Waals surface area contributed by atoms with Gasteiger partial charge in [-0.05, 0) is 11.6 Å². The van der Waals surface area contributed by atoms with Crippen molar-refractivity contribution in [3.05, 3.63) is 84.2 Å². The van der Waals surface area contributed by atoms with Gasteiger partial charge in [0.2, 0.25) is 0 Å². The third kappa shape index (κ3) is 6.24. The third-order valence-electron chi connectivity index (χ3n) is 3.62. The van der Waals surface area contributed by atoms with Crippen molar-refractivity contribution in [2.75, 3.05) is 19.8 Å². The summed E-state index contributed by atoms with van der Waals surface area (Å²) in [4.78, 5) is 2.02. The highest BCUT2D eigenvalue weighted by Crippen LogP contribution is 2.13. The zero-order valence-electron chi connectivity index (χ0n) is 13.8. The lowest BCUT2D eigenvalue weighted by Gasteiger charge is -2.25. The van der Waals surface area contributed by atoms with Gasteiger partial charge >= 0.3 is 0 Å². The summed E-state index contributed by atoms with van der Waals surface area (Å²) in [6.07, 6.45) is 1.01. The van der Waals surface area contributed by atoms with Crippen molar-refractivity contribution in [2.45, 2.75) is 19.2 Å². The molecule has 1 N–H and O–H groups in total. The molecule has 128 valence electrons. The van der Waals surface area contributed by atoms with Crippen LogP contribution in [0.1, 0.15) is 11.1 Å². The van der Waals surface area contributed by atoms with Crippen molar-refractivity contribution in [1.82, 2.24) is 4.90 Å². The van der Waals surface area contributed by atoms with Gasteiger partial charge in [-0.15, -0.1) is 6.58 Å². The minimum absolute atomic E-state index is 0.229. The van der Waals surface area contributed by atoms with Crippen LogP contribution < -0.4 is 0 Å². The zero-order valence-corrected chi connectivity index (χ0v) is 13.8. The molecule has 4 heteroatoms. The fourth-order valence-corrected chi connectivity index (χ4v) is 2.53. The van der Waals surface area contributed by atoms with Crippen molar-refractivity contribution in [3.63, 3.8) is 0 Å². The van der Waals surface area contributed by atoms with Crippen molar-refractivity contribution >= 4 is 0 Å². The van der Waals surface area contributed by atoms with Gasteiger partial charge in [0.05, 0.1) is 19.3 Å². The van der Waals surface area contributed by atoms with Gasteiger partial charge in [-0.3, -0.25) is 4.90 Å². The Morgan fingerprint density at radius 1 is 1.08 bits per heavy atom. The summed E-state index contributed by atoms with van der Waals surface area (Å²) in [6.45, 7) is 5.68. The number of rotatable bonds is 10. The minimum atomic E-state index is -0.638. The summed E-state index contributed by atoms with van der Waals surface area (Å²) >= 11 is 0. The van der Waals surface area contributed by atoms with Gasteiger partial charge in [0.1, 0.15) is 5.82 Å². The molecule has 2 aromatic carbocycles. The quantitative estimate of drug-likeness (QED) is 0.536. The van der Waals surface area contributed by atoms with Crippen molar-refractivity contribution in [1.29, 1.82) is 0 Å². The summed E-state index contributed by atoms with van der Waals surface area (Å²) in [5, 5.41) is 10.2. The second-order valence-corrected chi connectivity index (χ2v) is 5.73. The van der Waals surface area contributed by atoms with Gasteiger partial charge in [-0.25, -0.2) is 4.39 Å². The van der Waals surface area contributed by atoms with Crippen LogP contribution in [0, 0.1) is 5.82 Å². The molecule has 0 heterocycles. The number of benzene rings is 2. The number of ether oxygens (including phenoxy) is 1. The topological polar surface area (TPSA) is 32.7 Å². The monoisotopic (exact) mass is 329 g/mol. The molecular weight excluding hydrogens is 305 g/mol. The van der Waals surface area contributed by atoms with Gasteiger partial charge in [-0.2, -0.15) is 0 Å². The smallest absolute Gasteiger partial charge is 0.127 e. The van der Waals surface area contributed by atoms with E-state index in [0.29, 0.717) is 31.8 Å². The number of hydrogen-bond acceptors (Lipinski definition) is 3. The Morgan fingerprint density at radius 2 is 1.79 bits per heavy atom. The molecule has 2 aromatic rings. The molecule has 0 aliphatic carbocycles. The maximum atomic E-state index is 13.9. The third-order valence-corrected chi connectivity index (χ3v) is 3.62. The first-order valence-corrected chi connectivity index (χ1v) is 8.05. The predicted molar refractivity (Wildman–Crippen MR) is 94.0 cm³/mol. The highest BCUT2D eigenvalue weighted by atomic mass is 19.1. The first-order valence-electron chi connectivity index (χ1n) is 8.05. The van der Waals surface area contributed by atoms with Gasteiger partial charge in [-0.1, -0.05) is 54.6 Å². The van der Waals surface area contributed by atoms with Gasteiger partial charge < -0.3 is 9.84 Å². The average Bonchev–Trinajstić information content (AvgIpc) is 2.58. The molecule has 0 radical (unpaired) electrons. The zero-order chi connectivity index (χ0) is 17.2. The molecule has 0 aliphatic rings. The average molecular weight is 329 g/mol. The highest BCUT2D eigenvalue weighted by Gasteiger charge is 2.14. The van der Waals surface area contributed by atoms with Crippen LogP contribution in [0.3, 0.4) is 0 Å². The summed E-state index contributed by atoms with van der Waals surface area (Å²) in [5.41, 5.74) is 1.74. The second kappa shape index (κ2) is 9.98. The van der Waals surface area contributed by atoms with E-state index in [1.54, 1.807) is 18.2 Å². The van der Waals surface area contributed by atoms with E-state index in [-0.39, 0.29) is 12.4 Å². The van der Waals surface area contributed by atoms with Crippen LogP contribution in [0.2, 0.25) is 0 Å². The molecule has 0 saturated carbocycles. The largest absolute Gasteiger partial charge is 0.389 e. The summed E-state index contributed by atoms with van der Waals surface area (Å²) in [7, 11) is 0. The Hall–Kier alpha value is -2.01. The Bertz CT molecular complexity index is 618. The molecule has 0 aromatic heterocycles. The van der Waals surface area contributed by atoms with Gasteiger partial charge in [0.25, 0.3) is 0 Å². The predicted octanol–water partition coefficient (Wildman–Crippen LogP) is 3.39. The first-order chi connectivity index (χ1) is 11.7. The van der Waals surface area contributed by atoms with Crippen LogP contribution in [0.4, 0.5) is 4.39 Å². The summed E-state index contributed by atoms with van der Waals surface area (Å²) < 4.78 is 19.3. The molecule has 0 bridgehead atoms. The fourth-order valence-electron chi connectivity index (χ4n) is 2.53. The van der Waals surface area contributed by atoms with E-state index in [1.807, 2.05) is 41.3 Å². The van der Waals surface area contributed by atoms with E-state index >= 15 is 0 Å². The molecule has 0 saturated heterocycles. The molecule has 0 amide bonds. The Labute approximate surface area is 143 Å². The maximum absolute atomic E-state index is 13.9. The van der Waals surface area contributed by atoms with Crippen LogP contribution in [0.15, 0.2) is 67.3 Å². The molecule has 0 aliphatic heterocycles. The number of hydrogen-bond donors (Lipinski definition) is 1. The molecule has 1 unspecified atom stereocenters. The lowest BCUT2D eigenvalue weighted by molar-refractivity contribution is 0.0226. The van der Waals surface area contributed by atoms with E-state index in [1.165, 1.54) is 6.07 Å². The molecule has 24 heavy (non-hydrogen) atoms. The van der Waals surface area contributed by atoms with E-state index in [0.717, 1.165) is 5.56 Å². The van der Waals surface area contributed by atoms with Crippen molar-refractivity contribution < 1.29 is 14.2 Å².